The lowest BCUT2D eigenvalue weighted by Crippen LogP contribution is -2.03. The van der Waals surface area contributed by atoms with E-state index in [-0.39, 0.29) is 0 Å². The van der Waals surface area contributed by atoms with Crippen LogP contribution in [0.15, 0.2) is 12.1 Å². The van der Waals surface area contributed by atoms with Gasteiger partial charge in [0, 0.05) is 0 Å². The van der Waals surface area contributed by atoms with E-state index in [2.05, 4.69) is 5.09 Å². The molecule has 0 bridgehead atoms. The minimum atomic E-state index is -3.23. The summed E-state index contributed by atoms with van der Waals surface area (Å²) < 4.78 is 22.8. The van der Waals surface area contributed by atoms with E-state index in [0.29, 0.717) is 22.6 Å². The normalized spacial score (nSPS) is 11.7. The molecule has 4 nitrogen and oxygen atoms in total. The number of anilines is 1. The van der Waals surface area contributed by atoms with Gasteiger partial charge in [0.2, 0.25) is 0 Å². The minimum absolute atomic E-state index is 0.323. The fourth-order valence-electron chi connectivity index (χ4n) is 0.951. The average Bonchev–Trinajstić information content (AvgIpc) is 2.51. The molecule has 1 rings (SSSR count). The molecule has 1 N–H and O–H groups in total. The van der Waals surface area contributed by atoms with Crippen molar-refractivity contribution in [3.63, 3.8) is 0 Å². The molecule has 0 fully saturated rings. The molecule has 0 atom stereocenters. The van der Waals surface area contributed by atoms with Gasteiger partial charge in [-0.3, -0.25) is 14.1 Å². The Balaban J connectivity index is 2.70. The van der Waals surface area contributed by atoms with Crippen molar-refractivity contribution in [3.8, 4) is 0 Å². The maximum Gasteiger partial charge on any atom is 0.433 e. The number of rotatable bonds is 6. The molecule has 7 heteroatoms. The highest BCUT2D eigenvalue weighted by Crippen LogP contribution is 2.49. The molecule has 15 heavy (non-hydrogen) atoms. The fourth-order valence-corrected chi connectivity index (χ4v) is 3.49. The molecule has 0 unspecified atom stereocenters. The summed E-state index contributed by atoms with van der Waals surface area (Å²) in [4.78, 5) is 0. The van der Waals surface area contributed by atoms with Crippen LogP contribution in [0.3, 0.4) is 0 Å². The van der Waals surface area contributed by atoms with Crippen molar-refractivity contribution in [2.75, 3.05) is 18.3 Å². The van der Waals surface area contributed by atoms with Crippen LogP contribution in [0.2, 0.25) is 4.34 Å². The standard InChI is InChI=1S/C8H13ClNO3PS/c1-3-12-14(11,13-4-2)10-8-6-5-7(9)15-8/h5-6H,3-4H2,1-2H3,(H,10,11). The molecular formula is C8H13ClNO3PS. The van der Waals surface area contributed by atoms with Crippen LogP contribution in [0.4, 0.5) is 5.00 Å². The lowest BCUT2D eigenvalue weighted by atomic mass is 10.6. The molecular weight excluding hydrogens is 257 g/mol. The van der Waals surface area contributed by atoms with E-state index in [9.17, 15) is 4.57 Å². The van der Waals surface area contributed by atoms with Crippen LogP contribution >= 0.6 is 30.7 Å². The van der Waals surface area contributed by atoms with Crippen LogP contribution < -0.4 is 5.09 Å². The van der Waals surface area contributed by atoms with E-state index < -0.39 is 7.75 Å². The zero-order valence-electron chi connectivity index (χ0n) is 8.53. The van der Waals surface area contributed by atoms with Crippen LogP contribution in [0, 0.1) is 0 Å². The summed E-state index contributed by atoms with van der Waals surface area (Å²) in [6, 6.07) is 3.45. The summed E-state index contributed by atoms with van der Waals surface area (Å²) in [5, 5.41) is 3.39. The Hall–Kier alpha value is -0.0600. The van der Waals surface area contributed by atoms with Gasteiger partial charge in [0.1, 0.15) is 0 Å². The predicted molar refractivity (Wildman–Crippen MR) is 63.8 cm³/mol. The lowest BCUT2D eigenvalue weighted by Gasteiger charge is -2.17. The van der Waals surface area contributed by atoms with Gasteiger partial charge in [0.15, 0.2) is 0 Å². The molecule has 1 aromatic heterocycles. The lowest BCUT2D eigenvalue weighted by molar-refractivity contribution is 0.225. The molecule has 1 heterocycles. The van der Waals surface area contributed by atoms with Crippen molar-refractivity contribution in [2.24, 2.45) is 0 Å². The molecule has 0 aliphatic carbocycles. The van der Waals surface area contributed by atoms with E-state index in [1.807, 2.05) is 0 Å². The molecule has 0 saturated heterocycles. The topological polar surface area (TPSA) is 47.6 Å². The maximum absolute atomic E-state index is 12.0. The first-order valence-corrected chi connectivity index (χ1v) is 7.26. The first kappa shape index (κ1) is 13.0. The van der Waals surface area contributed by atoms with Crippen molar-refractivity contribution in [1.82, 2.24) is 0 Å². The van der Waals surface area contributed by atoms with E-state index >= 15 is 0 Å². The van der Waals surface area contributed by atoms with E-state index in [0.717, 1.165) is 0 Å². The van der Waals surface area contributed by atoms with Gasteiger partial charge in [-0.1, -0.05) is 11.6 Å². The molecule has 0 spiro atoms. The van der Waals surface area contributed by atoms with Crippen molar-refractivity contribution in [2.45, 2.75) is 13.8 Å². The Morgan fingerprint density at radius 2 is 2.00 bits per heavy atom. The summed E-state index contributed by atoms with van der Waals surface area (Å²) in [6.45, 7) is 4.16. The van der Waals surface area contributed by atoms with Gasteiger partial charge < -0.3 is 0 Å². The van der Waals surface area contributed by atoms with Gasteiger partial charge >= 0.3 is 7.75 Å². The number of hydrogen-bond donors (Lipinski definition) is 1. The minimum Gasteiger partial charge on any atom is -0.293 e. The van der Waals surface area contributed by atoms with Crippen molar-refractivity contribution < 1.29 is 13.6 Å². The average molecular weight is 270 g/mol. The number of halogens is 1. The van der Waals surface area contributed by atoms with Crippen molar-refractivity contribution in [1.29, 1.82) is 0 Å². The van der Waals surface area contributed by atoms with Crippen molar-refractivity contribution in [3.05, 3.63) is 16.5 Å². The largest absolute Gasteiger partial charge is 0.433 e. The fraction of sp³-hybridized carbons (Fsp3) is 0.500. The van der Waals surface area contributed by atoms with Crippen LogP contribution in [0.5, 0.6) is 0 Å². The Bertz CT molecular complexity index is 347. The molecule has 86 valence electrons. The van der Waals surface area contributed by atoms with Gasteiger partial charge in [-0.05, 0) is 26.0 Å². The second-order valence-electron chi connectivity index (χ2n) is 2.55. The van der Waals surface area contributed by atoms with Gasteiger partial charge in [-0.25, -0.2) is 4.57 Å². The summed E-state index contributed by atoms with van der Waals surface area (Å²) in [6.07, 6.45) is 0. The summed E-state index contributed by atoms with van der Waals surface area (Å²) in [5.41, 5.74) is 0. The Morgan fingerprint density at radius 1 is 1.40 bits per heavy atom. The Labute approximate surface area is 98.1 Å². The monoisotopic (exact) mass is 269 g/mol. The third kappa shape index (κ3) is 4.13. The molecule has 0 aromatic carbocycles. The van der Waals surface area contributed by atoms with E-state index in [1.54, 1.807) is 26.0 Å². The molecule has 0 amide bonds. The SMILES string of the molecule is CCOP(=O)(Nc1ccc(Cl)s1)OCC. The Kier molecular flexibility index (Phi) is 5.09. The maximum atomic E-state index is 12.0. The first-order chi connectivity index (χ1) is 7.09. The van der Waals surface area contributed by atoms with Gasteiger partial charge in [0.05, 0.1) is 22.6 Å². The molecule has 0 aliphatic heterocycles. The number of thiophene rings is 1. The number of nitrogens with one attached hydrogen (secondary N) is 1. The highest BCUT2D eigenvalue weighted by molar-refractivity contribution is 7.56. The second-order valence-corrected chi connectivity index (χ2v) is 6.00. The van der Waals surface area contributed by atoms with Crippen LogP contribution in [-0.4, -0.2) is 13.2 Å². The molecule has 0 aliphatic rings. The zero-order valence-corrected chi connectivity index (χ0v) is 11.0. The predicted octanol–water partition coefficient (Wildman–Crippen LogP) is 3.99. The zero-order chi connectivity index (χ0) is 11.3. The first-order valence-electron chi connectivity index (χ1n) is 4.52. The van der Waals surface area contributed by atoms with Crippen LogP contribution in [-0.2, 0) is 13.6 Å². The smallest absolute Gasteiger partial charge is 0.293 e. The molecule has 0 radical (unpaired) electrons. The van der Waals surface area contributed by atoms with Gasteiger partial charge in [0.25, 0.3) is 0 Å². The highest BCUT2D eigenvalue weighted by Gasteiger charge is 2.24. The van der Waals surface area contributed by atoms with Crippen LogP contribution in [0.25, 0.3) is 0 Å². The van der Waals surface area contributed by atoms with E-state index in [1.165, 1.54) is 11.3 Å². The number of hydrogen-bond acceptors (Lipinski definition) is 4. The summed E-state index contributed by atoms with van der Waals surface area (Å²) in [5.74, 6) is 0. The molecule has 1 aromatic rings. The van der Waals surface area contributed by atoms with E-state index in [4.69, 9.17) is 20.6 Å². The second kappa shape index (κ2) is 5.87. The third-order valence-corrected chi connectivity index (χ3v) is 4.43. The van der Waals surface area contributed by atoms with Gasteiger partial charge in [-0.2, -0.15) is 0 Å². The third-order valence-electron chi connectivity index (χ3n) is 1.42. The van der Waals surface area contributed by atoms with Gasteiger partial charge in [-0.15, -0.1) is 11.3 Å². The van der Waals surface area contributed by atoms with Crippen molar-refractivity contribution >= 4 is 35.7 Å². The summed E-state index contributed by atoms with van der Waals surface area (Å²) >= 11 is 7.04. The quantitative estimate of drug-likeness (QED) is 0.793. The summed E-state index contributed by atoms with van der Waals surface area (Å²) in [7, 11) is -3.23. The van der Waals surface area contributed by atoms with Crippen LogP contribution in [0.1, 0.15) is 13.8 Å². The molecule has 0 saturated carbocycles. The highest BCUT2D eigenvalue weighted by atomic mass is 35.5. The Morgan fingerprint density at radius 3 is 2.40 bits per heavy atom.